The van der Waals surface area contributed by atoms with Crippen molar-refractivity contribution in [3.63, 3.8) is 0 Å². The molecule has 0 amide bonds. The molecule has 4 heteroatoms. The quantitative estimate of drug-likeness (QED) is 0.168. The van der Waals surface area contributed by atoms with Gasteiger partial charge in [-0.05, 0) is 46.5 Å². The van der Waals surface area contributed by atoms with Gasteiger partial charge >= 0.3 is 0 Å². The summed E-state index contributed by atoms with van der Waals surface area (Å²) >= 11 is 0. The van der Waals surface area contributed by atoms with Gasteiger partial charge in [-0.3, -0.25) is 9.13 Å². The van der Waals surface area contributed by atoms with Gasteiger partial charge in [0, 0.05) is 56.2 Å². The Labute approximate surface area is 360 Å². The van der Waals surface area contributed by atoms with Crippen LogP contribution in [0.5, 0.6) is 0 Å². The third-order valence-electron chi connectivity index (χ3n) is 11.7. The normalized spacial score (nSPS) is 11.2. The zero-order valence-electron chi connectivity index (χ0n) is 33.9. The van der Waals surface area contributed by atoms with Crippen molar-refractivity contribution in [2.24, 2.45) is 0 Å². The molecule has 0 fully saturated rings. The highest BCUT2D eigenvalue weighted by Crippen LogP contribution is 2.43. The summed E-state index contributed by atoms with van der Waals surface area (Å²) in [5, 5.41) is 4.94. The predicted molar refractivity (Wildman–Crippen MR) is 259 cm³/mol. The highest BCUT2D eigenvalue weighted by atomic mass is 15.1. The Morgan fingerprint density at radius 2 is 0.484 bits per heavy atom. The van der Waals surface area contributed by atoms with E-state index in [0.29, 0.717) is 0 Å². The van der Waals surface area contributed by atoms with Gasteiger partial charge in [0.05, 0.1) is 22.1 Å². The van der Waals surface area contributed by atoms with Gasteiger partial charge in [-0.25, -0.2) is 9.97 Å². The molecule has 4 heterocycles. The smallest absolute Gasteiger partial charge is 0.137 e. The second-order valence-electron chi connectivity index (χ2n) is 15.3. The van der Waals surface area contributed by atoms with Crippen LogP contribution in [0.15, 0.2) is 243 Å². The molecular formula is C58H40N4. The molecule has 0 bridgehead atoms. The molecule has 8 aromatic carbocycles. The van der Waals surface area contributed by atoms with Crippen LogP contribution < -0.4 is 0 Å². The summed E-state index contributed by atoms with van der Waals surface area (Å²) in [7, 11) is 0. The van der Waals surface area contributed by atoms with E-state index in [0.717, 1.165) is 11.6 Å². The van der Waals surface area contributed by atoms with E-state index < -0.39 is 0 Å². The molecule has 0 aliphatic carbocycles. The minimum atomic E-state index is 0.925. The standard InChI is InChI=1S/2C29H20N2/c2*1-3-11-21(12-4-1)23-15-9-17-25-26-18-10-16-24(22-13-5-2-6-14-22)29(26)31(28(23)25)27-19-7-8-20-30-27/h2*1-20H. The maximum atomic E-state index is 4.75. The van der Waals surface area contributed by atoms with E-state index in [9.17, 15) is 0 Å². The van der Waals surface area contributed by atoms with Crippen molar-refractivity contribution in [3.8, 4) is 56.1 Å². The lowest BCUT2D eigenvalue weighted by molar-refractivity contribution is 1.08. The second-order valence-corrected chi connectivity index (χ2v) is 15.3. The minimum absolute atomic E-state index is 0.925. The van der Waals surface area contributed by atoms with Crippen LogP contribution >= 0.6 is 0 Å². The number of rotatable bonds is 6. The highest BCUT2D eigenvalue weighted by Gasteiger charge is 2.21. The molecular weight excluding hydrogens is 753 g/mol. The zero-order chi connectivity index (χ0) is 41.2. The van der Waals surface area contributed by atoms with Crippen LogP contribution in [0.2, 0.25) is 0 Å². The average molecular weight is 793 g/mol. The number of benzene rings is 8. The molecule has 12 rings (SSSR count). The Kier molecular flexibility index (Phi) is 9.49. The maximum absolute atomic E-state index is 4.75. The SMILES string of the molecule is c1ccc(-c2cccc3c4cccc(-c5ccccc5)c4n(-c4ccccn4)c23)cc1.c1ccc(-c2cccc3c4cccc(-c5ccccc5)c4n(-c4ccccn4)c23)cc1. The summed E-state index contributed by atoms with van der Waals surface area (Å²) in [6.45, 7) is 0. The number of nitrogens with zero attached hydrogens (tertiary/aromatic N) is 4. The molecule has 0 radical (unpaired) electrons. The van der Waals surface area contributed by atoms with Gasteiger partial charge in [-0.15, -0.1) is 0 Å². The van der Waals surface area contributed by atoms with Gasteiger partial charge in [0.1, 0.15) is 11.6 Å². The van der Waals surface area contributed by atoms with Crippen molar-refractivity contribution in [1.82, 2.24) is 19.1 Å². The van der Waals surface area contributed by atoms with Gasteiger partial charge in [0.15, 0.2) is 0 Å². The van der Waals surface area contributed by atoms with Crippen molar-refractivity contribution in [2.45, 2.75) is 0 Å². The van der Waals surface area contributed by atoms with E-state index in [1.165, 1.54) is 88.1 Å². The molecule has 0 atom stereocenters. The molecule has 292 valence electrons. The van der Waals surface area contributed by atoms with Crippen molar-refractivity contribution < 1.29 is 0 Å². The minimum Gasteiger partial charge on any atom is -0.293 e. The van der Waals surface area contributed by atoms with Crippen molar-refractivity contribution in [3.05, 3.63) is 243 Å². The first-order valence-electron chi connectivity index (χ1n) is 21.0. The Bertz CT molecular complexity index is 3040. The van der Waals surface area contributed by atoms with Crippen molar-refractivity contribution in [2.75, 3.05) is 0 Å². The van der Waals surface area contributed by atoms with Crippen LogP contribution in [0, 0.1) is 0 Å². The lowest BCUT2D eigenvalue weighted by Gasteiger charge is -2.13. The number of hydrogen-bond donors (Lipinski definition) is 0. The van der Waals surface area contributed by atoms with Crippen LogP contribution in [0.25, 0.3) is 99.8 Å². The van der Waals surface area contributed by atoms with Crippen LogP contribution in [0.3, 0.4) is 0 Å². The Morgan fingerprint density at radius 1 is 0.226 bits per heavy atom. The Morgan fingerprint density at radius 3 is 0.726 bits per heavy atom. The van der Waals surface area contributed by atoms with E-state index >= 15 is 0 Å². The summed E-state index contributed by atoms with van der Waals surface area (Å²) in [5.41, 5.74) is 14.4. The van der Waals surface area contributed by atoms with Crippen molar-refractivity contribution >= 4 is 43.6 Å². The van der Waals surface area contributed by atoms with E-state index in [-0.39, 0.29) is 0 Å². The monoisotopic (exact) mass is 792 g/mol. The first-order valence-corrected chi connectivity index (χ1v) is 21.0. The number of fused-ring (bicyclic) bond motifs is 6. The Hall–Kier alpha value is -8.34. The summed E-state index contributed by atoms with van der Waals surface area (Å²) in [6, 6.07) is 80.9. The third-order valence-corrected chi connectivity index (χ3v) is 11.7. The largest absolute Gasteiger partial charge is 0.293 e. The first-order chi connectivity index (χ1) is 30.8. The molecule has 4 aromatic heterocycles. The van der Waals surface area contributed by atoms with Crippen LogP contribution in [0.1, 0.15) is 0 Å². The van der Waals surface area contributed by atoms with Crippen LogP contribution in [-0.4, -0.2) is 19.1 Å². The lowest BCUT2D eigenvalue weighted by Crippen LogP contribution is -1.99. The van der Waals surface area contributed by atoms with E-state index in [1.54, 1.807) is 0 Å². The topological polar surface area (TPSA) is 35.6 Å². The van der Waals surface area contributed by atoms with E-state index in [2.05, 4.69) is 228 Å². The maximum Gasteiger partial charge on any atom is 0.137 e. The van der Waals surface area contributed by atoms with Gasteiger partial charge < -0.3 is 0 Å². The second kappa shape index (κ2) is 16.0. The summed E-state index contributed by atoms with van der Waals surface area (Å²) < 4.78 is 4.66. The van der Waals surface area contributed by atoms with Gasteiger partial charge in [-0.2, -0.15) is 0 Å². The van der Waals surface area contributed by atoms with Gasteiger partial charge in [-0.1, -0.05) is 206 Å². The van der Waals surface area contributed by atoms with Crippen LogP contribution in [-0.2, 0) is 0 Å². The summed E-state index contributed by atoms with van der Waals surface area (Å²) in [5.74, 6) is 1.85. The predicted octanol–water partition coefficient (Wildman–Crippen LogP) is 15.0. The molecule has 0 N–H and O–H groups in total. The van der Waals surface area contributed by atoms with Crippen LogP contribution in [0.4, 0.5) is 0 Å². The van der Waals surface area contributed by atoms with E-state index in [4.69, 9.17) is 9.97 Å². The summed E-state index contributed by atoms with van der Waals surface area (Å²) in [6.07, 6.45) is 3.73. The third kappa shape index (κ3) is 6.42. The van der Waals surface area contributed by atoms with Gasteiger partial charge in [0.25, 0.3) is 0 Å². The summed E-state index contributed by atoms with van der Waals surface area (Å²) in [4.78, 5) is 9.51. The molecule has 62 heavy (non-hydrogen) atoms. The van der Waals surface area contributed by atoms with Gasteiger partial charge in [0.2, 0.25) is 0 Å². The fourth-order valence-electron chi connectivity index (χ4n) is 9.06. The zero-order valence-corrected chi connectivity index (χ0v) is 33.9. The molecule has 4 nitrogen and oxygen atoms in total. The number of pyridine rings is 2. The molecule has 0 saturated carbocycles. The highest BCUT2D eigenvalue weighted by molar-refractivity contribution is 6.18. The molecule has 0 saturated heterocycles. The molecule has 0 aliphatic heterocycles. The fraction of sp³-hybridized carbons (Fsp3) is 0. The van der Waals surface area contributed by atoms with E-state index in [1.807, 2.05) is 24.5 Å². The average Bonchev–Trinajstić information content (AvgIpc) is 3.90. The molecule has 0 aliphatic rings. The molecule has 0 unspecified atom stereocenters. The fourth-order valence-corrected chi connectivity index (χ4v) is 9.06. The molecule has 12 aromatic rings. The van der Waals surface area contributed by atoms with Crippen molar-refractivity contribution in [1.29, 1.82) is 0 Å². The number of aromatic nitrogens is 4. The number of hydrogen-bond acceptors (Lipinski definition) is 2. The number of para-hydroxylation sites is 4. The lowest BCUT2D eigenvalue weighted by atomic mass is 10.0. The first kappa shape index (κ1) is 36.7. The Balaban J connectivity index is 0.000000139. The molecule has 0 spiro atoms.